The first-order valence-electron chi connectivity index (χ1n) is 7.38. The summed E-state index contributed by atoms with van der Waals surface area (Å²) in [5, 5.41) is 11.4. The molecule has 0 heterocycles. The van der Waals surface area contributed by atoms with E-state index in [1.54, 1.807) is 6.92 Å². The van der Waals surface area contributed by atoms with Gasteiger partial charge in [-0.05, 0) is 30.9 Å². The number of aliphatic hydroxyl groups excluding tert-OH is 1. The molecule has 0 bridgehead atoms. The minimum Gasteiger partial charge on any atom is -0.392 e. The summed E-state index contributed by atoms with van der Waals surface area (Å²) in [5.41, 5.74) is 1.73. The van der Waals surface area contributed by atoms with Crippen LogP contribution >= 0.6 is 0 Å². The van der Waals surface area contributed by atoms with Crippen molar-refractivity contribution in [3.63, 3.8) is 0 Å². The number of hydrogen-bond acceptors (Lipinski definition) is 3. The quantitative estimate of drug-likeness (QED) is 0.773. The second-order valence-electron chi connectivity index (χ2n) is 5.16. The molecule has 0 saturated carbocycles. The van der Waals surface area contributed by atoms with Crippen molar-refractivity contribution in [1.29, 1.82) is 0 Å². The predicted molar refractivity (Wildman–Crippen MR) is 86.2 cm³/mol. The molecule has 1 rings (SSSR count). The Kier molecular flexibility index (Phi) is 7.61. The smallest absolute Gasteiger partial charge is 0.235 e. The molecule has 1 amide bonds. The largest absolute Gasteiger partial charge is 0.392 e. The molecule has 0 aliphatic rings. The molecule has 2 unspecified atom stereocenters. The molecule has 0 saturated heterocycles. The maximum absolute atomic E-state index is 12.3. The second kappa shape index (κ2) is 8.95. The molecule has 0 radical (unpaired) electrons. The van der Waals surface area contributed by atoms with Crippen LogP contribution in [0.3, 0.4) is 0 Å². The van der Waals surface area contributed by atoms with E-state index in [1.165, 1.54) is 0 Å². The third kappa shape index (κ3) is 5.59. The summed E-state index contributed by atoms with van der Waals surface area (Å²) in [6, 6.07) is 7.45. The molecule has 2 N–H and O–H groups in total. The number of nitrogens with one attached hydrogen (secondary N) is 1. The normalized spacial score (nSPS) is 14.0. The van der Waals surface area contributed by atoms with Gasteiger partial charge in [0, 0.05) is 22.6 Å². The van der Waals surface area contributed by atoms with Crippen LogP contribution < -0.4 is 5.32 Å². The number of carbonyl (C=O) groups is 1. The Labute approximate surface area is 129 Å². The molecule has 0 fully saturated rings. The first kappa shape index (κ1) is 17.9. The summed E-state index contributed by atoms with van der Waals surface area (Å²) in [6.07, 6.45) is 1.76. The fraction of sp³-hybridized carbons (Fsp3) is 0.562. The lowest BCUT2D eigenvalue weighted by atomic mass is 10.2. The first-order valence-corrected chi connectivity index (χ1v) is 8.76. The Bertz CT molecular complexity index is 469. The Morgan fingerprint density at radius 1 is 1.19 bits per heavy atom. The molecular weight excluding hydrogens is 286 g/mol. The molecule has 5 heteroatoms. The fourth-order valence-electron chi connectivity index (χ4n) is 1.96. The average molecular weight is 311 g/mol. The van der Waals surface area contributed by atoms with Crippen LogP contribution in [0.1, 0.15) is 44.7 Å². The van der Waals surface area contributed by atoms with Gasteiger partial charge >= 0.3 is 0 Å². The maximum Gasteiger partial charge on any atom is 0.235 e. The van der Waals surface area contributed by atoms with Crippen LogP contribution in [0.5, 0.6) is 0 Å². The summed E-state index contributed by atoms with van der Waals surface area (Å²) in [4.78, 5) is 12.1. The van der Waals surface area contributed by atoms with Crippen molar-refractivity contribution in [2.45, 2.75) is 57.3 Å². The van der Waals surface area contributed by atoms with Crippen molar-refractivity contribution in [2.24, 2.45) is 0 Å². The minimum absolute atomic E-state index is 0.00238. The van der Waals surface area contributed by atoms with Gasteiger partial charge < -0.3 is 10.4 Å². The molecule has 118 valence electrons. The lowest BCUT2D eigenvalue weighted by molar-refractivity contribution is -0.121. The van der Waals surface area contributed by atoms with Gasteiger partial charge in [-0.3, -0.25) is 9.00 Å². The lowest BCUT2D eigenvalue weighted by Crippen LogP contribution is -2.41. The van der Waals surface area contributed by atoms with E-state index in [-0.39, 0.29) is 18.6 Å². The molecule has 0 aliphatic heterocycles. The van der Waals surface area contributed by atoms with Crippen LogP contribution in [-0.4, -0.2) is 26.5 Å². The van der Waals surface area contributed by atoms with E-state index in [2.05, 4.69) is 5.32 Å². The Hall–Kier alpha value is -1.20. The maximum atomic E-state index is 12.3. The van der Waals surface area contributed by atoms with Crippen molar-refractivity contribution in [3.8, 4) is 0 Å². The van der Waals surface area contributed by atoms with E-state index in [0.717, 1.165) is 24.0 Å². The highest BCUT2D eigenvalue weighted by Crippen LogP contribution is 2.10. The molecule has 0 aliphatic carbocycles. The van der Waals surface area contributed by atoms with Gasteiger partial charge in [0.2, 0.25) is 5.91 Å². The van der Waals surface area contributed by atoms with Gasteiger partial charge in [0.25, 0.3) is 0 Å². The van der Waals surface area contributed by atoms with Gasteiger partial charge in [-0.2, -0.15) is 0 Å². The number of benzene rings is 1. The number of hydrogen-bond donors (Lipinski definition) is 2. The van der Waals surface area contributed by atoms with Crippen molar-refractivity contribution in [2.75, 3.05) is 0 Å². The number of amides is 1. The number of rotatable bonds is 8. The third-order valence-electron chi connectivity index (χ3n) is 3.61. The zero-order valence-electron chi connectivity index (χ0n) is 13.0. The zero-order chi connectivity index (χ0) is 15.8. The molecular formula is C16H25NO3S. The highest BCUT2D eigenvalue weighted by Gasteiger charge is 2.21. The molecule has 4 nitrogen and oxygen atoms in total. The zero-order valence-corrected chi connectivity index (χ0v) is 13.8. The Morgan fingerprint density at radius 3 is 2.19 bits per heavy atom. The van der Waals surface area contributed by atoms with Crippen molar-refractivity contribution in [3.05, 3.63) is 35.4 Å². The predicted octanol–water partition coefficient (Wildman–Crippen LogP) is 2.12. The topological polar surface area (TPSA) is 66.4 Å². The molecule has 21 heavy (non-hydrogen) atoms. The van der Waals surface area contributed by atoms with Gasteiger partial charge in [-0.15, -0.1) is 0 Å². The minimum atomic E-state index is -1.25. The van der Waals surface area contributed by atoms with E-state index in [1.807, 2.05) is 38.1 Å². The van der Waals surface area contributed by atoms with E-state index in [4.69, 9.17) is 5.11 Å². The first-order chi connectivity index (χ1) is 10.0. The monoisotopic (exact) mass is 311 g/mol. The number of aliphatic hydroxyl groups is 1. The van der Waals surface area contributed by atoms with E-state index >= 15 is 0 Å². The van der Waals surface area contributed by atoms with Gasteiger partial charge in [0.1, 0.15) is 5.25 Å². The lowest BCUT2D eigenvalue weighted by Gasteiger charge is -2.18. The summed E-state index contributed by atoms with van der Waals surface area (Å²) >= 11 is 0. The van der Waals surface area contributed by atoms with Gasteiger partial charge in [-0.25, -0.2) is 0 Å². The highest BCUT2D eigenvalue weighted by atomic mass is 32.2. The van der Waals surface area contributed by atoms with Crippen molar-refractivity contribution in [1.82, 2.24) is 5.32 Å². The van der Waals surface area contributed by atoms with E-state index in [0.29, 0.717) is 5.75 Å². The highest BCUT2D eigenvalue weighted by molar-refractivity contribution is 7.85. The van der Waals surface area contributed by atoms with Crippen molar-refractivity contribution < 1.29 is 14.1 Å². The summed E-state index contributed by atoms with van der Waals surface area (Å²) in [7, 11) is -1.25. The summed E-state index contributed by atoms with van der Waals surface area (Å²) in [6.45, 7) is 5.76. The van der Waals surface area contributed by atoms with Gasteiger partial charge in [0.05, 0.1) is 6.61 Å². The van der Waals surface area contributed by atoms with E-state index < -0.39 is 16.0 Å². The van der Waals surface area contributed by atoms with Crippen LogP contribution in [0.15, 0.2) is 24.3 Å². The molecule has 0 spiro atoms. The van der Waals surface area contributed by atoms with Crippen LogP contribution in [-0.2, 0) is 28.0 Å². The summed E-state index contributed by atoms with van der Waals surface area (Å²) in [5.74, 6) is 0.206. The fourth-order valence-corrected chi connectivity index (χ4v) is 3.04. The van der Waals surface area contributed by atoms with Crippen LogP contribution in [0.2, 0.25) is 0 Å². The standard InChI is InChI=1S/C16H25NO3S/c1-4-15(5-2)17-16(19)12(3)21(20)11-14-8-6-13(10-18)7-9-14/h6-9,12,15,18H,4-5,10-11H2,1-3H3,(H,17,19). The second-order valence-corrected chi connectivity index (χ2v) is 6.92. The van der Waals surface area contributed by atoms with Crippen LogP contribution in [0, 0.1) is 0 Å². The average Bonchev–Trinajstić information content (AvgIpc) is 2.52. The van der Waals surface area contributed by atoms with Crippen LogP contribution in [0.25, 0.3) is 0 Å². The molecule has 0 aromatic heterocycles. The molecule has 1 aromatic rings. The number of carbonyl (C=O) groups excluding carboxylic acids is 1. The van der Waals surface area contributed by atoms with Crippen LogP contribution in [0.4, 0.5) is 0 Å². The third-order valence-corrected chi connectivity index (χ3v) is 5.23. The molecule has 1 aromatic carbocycles. The van der Waals surface area contributed by atoms with Crippen molar-refractivity contribution >= 4 is 16.7 Å². The SMILES string of the molecule is CCC(CC)NC(=O)C(C)S(=O)Cc1ccc(CO)cc1. The summed E-state index contributed by atoms with van der Waals surface area (Å²) < 4.78 is 12.3. The molecule has 2 atom stereocenters. The van der Waals surface area contributed by atoms with Gasteiger partial charge in [0.15, 0.2) is 0 Å². The van der Waals surface area contributed by atoms with E-state index in [9.17, 15) is 9.00 Å². The Balaban J connectivity index is 2.58. The van der Waals surface area contributed by atoms with Gasteiger partial charge in [-0.1, -0.05) is 38.1 Å². The Morgan fingerprint density at radius 2 is 1.71 bits per heavy atom.